The number of carboxylic acid groups (broad SMARTS) is 1. The predicted molar refractivity (Wildman–Crippen MR) is 92.7 cm³/mol. The molecule has 0 aliphatic heterocycles. The molecular weight excluding hydrogens is 306 g/mol. The van der Waals surface area contributed by atoms with Crippen LogP contribution in [0.2, 0.25) is 0 Å². The Hall–Kier alpha value is -2.82. The van der Waals surface area contributed by atoms with Gasteiger partial charge in [-0.15, -0.1) is 0 Å². The van der Waals surface area contributed by atoms with Gasteiger partial charge in [0.2, 0.25) is 0 Å². The summed E-state index contributed by atoms with van der Waals surface area (Å²) in [6.07, 6.45) is 0.900. The van der Waals surface area contributed by atoms with Crippen LogP contribution in [0.4, 0.5) is 5.69 Å². The van der Waals surface area contributed by atoms with Gasteiger partial charge in [0.05, 0.1) is 12.5 Å². The summed E-state index contributed by atoms with van der Waals surface area (Å²) in [6.45, 7) is 4.25. The number of rotatable bonds is 7. The Morgan fingerprint density at radius 2 is 1.88 bits per heavy atom. The summed E-state index contributed by atoms with van der Waals surface area (Å²) in [5.41, 5.74) is 1.81. The fourth-order valence-corrected chi connectivity index (χ4v) is 2.15. The van der Waals surface area contributed by atoms with E-state index in [4.69, 9.17) is 9.84 Å². The van der Waals surface area contributed by atoms with Crippen molar-refractivity contribution < 1.29 is 19.4 Å². The van der Waals surface area contributed by atoms with E-state index in [1.807, 2.05) is 13.0 Å². The molecule has 0 spiro atoms. The van der Waals surface area contributed by atoms with Crippen LogP contribution in [0.25, 0.3) is 0 Å². The van der Waals surface area contributed by atoms with E-state index in [2.05, 4.69) is 5.32 Å². The van der Waals surface area contributed by atoms with Crippen LogP contribution in [0.5, 0.6) is 5.75 Å². The van der Waals surface area contributed by atoms with Gasteiger partial charge < -0.3 is 15.2 Å². The van der Waals surface area contributed by atoms with Crippen molar-refractivity contribution in [3.63, 3.8) is 0 Å². The van der Waals surface area contributed by atoms with E-state index in [0.717, 1.165) is 6.42 Å². The molecule has 1 unspecified atom stereocenters. The van der Waals surface area contributed by atoms with Crippen LogP contribution in [-0.4, -0.2) is 23.6 Å². The van der Waals surface area contributed by atoms with Crippen molar-refractivity contribution >= 4 is 17.6 Å². The van der Waals surface area contributed by atoms with Gasteiger partial charge in [-0.25, -0.2) is 0 Å². The zero-order chi connectivity index (χ0) is 17.5. The first-order chi connectivity index (χ1) is 11.5. The topological polar surface area (TPSA) is 75.6 Å². The van der Waals surface area contributed by atoms with Crippen molar-refractivity contribution in [1.29, 1.82) is 0 Å². The van der Waals surface area contributed by atoms with Crippen molar-refractivity contribution in [3.05, 3.63) is 59.7 Å². The molecule has 2 aromatic rings. The SMILES string of the molecule is CCCOc1cccc(C(=O)Nc2ccc(C(C)C(=O)O)cc2)c1. The minimum atomic E-state index is -0.879. The zero-order valence-corrected chi connectivity index (χ0v) is 13.8. The first kappa shape index (κ1) is 17.5. The summed E-state index contributed by atoms with van der Waals surface area (Å²) >= 11 is 0. The number of benzene rings is 2. The molecule has 1 atom stereocenters. The molecule has 126 valence electrons. The van der Waals surface area contributed by atoms with E-state index in [1.165, 1.54) is 0 Å². The number of carboxylic acids is 1. The summed E-state index contributed by atoms with van der Waals surface area (Å²) in [6, 6.07) is 13.8. The predicted octanol–water partition coefficient (Wildman–Crippen LogP) is 3.92. The Balaban J connectivity index is 2.05. The second-order valence-electron chi connectivity index (χ2n) is 5.51. The molecule has 1 amide bonds. The van der Waals surface area contributed by atoms with Crippen molar-refractivity contribution in [3.8, 4) is 5.75 Å². The standard InChI is InChI=1S/C19H21NO4/c1-3-11-24-17-6-4-5-15(12-17)18(21)20-16-9-7-14(8-10-16)13(2)19(22)23/h4-10,12-13H,3,11H2,1-2H3,(H,20,21)(H,22,23). The fraction of sp³-hybridized carbons (Fsp3) is 0.263. The van der Waals surface area contributed by atoms with Crippen LogP contribution in [0, 0.1) is 0 Å². The van der Waals surface area contributed by atoms with Crippen LogP contribution in [-0.2, 0) is 4.79 Å². The van der Waals surface area contributed by atoms with Gasteiger partial charge in [-0.05, 0) is 49.2 Å². The molecule has 2 N–H and O–H groups in total. The molecule has 0 heterocycles. The van der Waals surface area contributed by atoms with Gasteiger partial charge in [0.1, 0.15) is 5.75 Å². The summed E-state index contributed by atoms with van der Waals surface area (Å²) in [7, 11) is 0. The van der Waals surface area contributed by atoms with Crippen LogP contribution in [0.1, 0.15) is 42.1 Å². The van der Waals surface area contributed by atoms with Gasteiger partial charge in [0, 0.05) is 11.3 Å². The Kier molecular flexibility index (Phi) is 5.95. The molecule has 0 radical (unpaired) electrons. The third kappa shape index (κ3) is 4.59. The summed E-state index contributed by atoms with van der Waals surface area (Å²) in [5, 5.41) is 11.8. The second-order valence-corrected chi connectivity index (χ2v) is 5.51. The summed E-state index contributed by atoms with van der Waals surface area (Å²) < 4.78 is 5.53. The molecule has 0 aliphatic rings. The average Bonchev–Trinajstić information content (AvgIpc) is 2.60. The number of carbonyl (C=O) groups excluding carboxylic acids is 1. The third-order valence-electron chi connectivity index (χ3n) is 3.61. The van der Waals surface area contributed by atoms with Crippen molar-refractivity contribution in [1.82, 2.24) is 0 Å². The maximum absolute atomic E-state index is 12.3. The normalized spacial score (nSPS) is 11.6. The quantitative estimate of drug-likeness (QED) is 0.808. The smallest absolute Gasteiger partial charge is 0.310 e. The summed E-state index contributed by atoms with van der Waals surface area (Å²) in [4.78, 5) is 23.3. The number of aliphatic carboxylic acids is 1. The number of carbonyl (C=O) groups is 2. The Bertz CT molecular complexity index is 710. The molecule has 0 aromatic heterocycles. The second kappa shape index (κ2) is 8.15. The molecule has 0 saturated carbocycles. The molecular formula is C19H21NO4. The molecule has 5 heteroatoms. The lowest BCUT2D eigenvalue weighted by atomic mass is 10.0. The zero-order valence-electron chi connectivity index (χ0n) is 13.8. The van der Waals surface area contributed by atoms with Crippen LogP contribution in [0.3, 0.4) is 0 Å². The molecule has 5 nitrogen and oxygen atoms in total. The van der Waals surface area contributed by atoms with Gasteiger partial charge in [-0.2, -0.15) is 0 Å². The fourth-order valence-electron chi connectivity index (χ4n) is 2.15. The largest absolute Gasteiger partial charge is 0.494 e. The number of nitrogens with one attached hydrogen (secondary N) is 1. The third-order valence-corrected chi connectivity index (χ3v) is 3.61. The molecule has 2 rings (SSSR count). The Morgan fingerprint density at radius 1 is 1.17 bits per heavy atom. The number of anilines is 1. The van der Waals surface area contributed by atoms with Crippen molar-refractivity contribution in [2.24, 2.45) is 0 Å². The number of hydrogen-bond acceptors (Lipinski definition) is 3. The monoisotopic (exact) mass is 327 g/mol. The Morgan fingerprint density at radius 3 is 2.50 bits per heavy atom. The number of hydrogen-bond donors (Lipinski definition) is 2. The first-order valence-electron chi connectivity index (χ1n) is 7.88. The van der Waals surface area contributed by atoms with Crippen LogP contribution >= 0.6 is 0 Å². The highest BCUT2D eigenvalue weighted by molar-refractivity contribution is 6.04. The Labute approximate surface area is 141 Å². The van der Waals surface area contributed by atoms with Crippen LogP contribution in [0.15, 0.2) is 48.5 Å². The van der Waals surface area contributed by atoms with Gasteiger partial charge >= 0.3 is 5.97 Å². The van der Waals surface area contributed by atoms with Gasteiger partial charge in [-0.1, -0.05) is 25.1 Å². The van der Waals surface area contributed by atoms with E-state index < -0.39 is 11.9 Å². The maximum Gasteiger partial charge on any atom is 0.310 e. The van der Waals surface area contributed by atoms with E-state index in [9.17, 15) is 9.59 Å². The minimum absolute atomic E-state index is 0.240. The highest BCUT2D eigenvalue weighted by atomic mass is 16.5. The highest BCUT2D eigenvalue weighted by Gasteiger charge is 2.13. The van der Waals surface area contributed by atoms with Crippen LogP contribution < -0.4 is 10.1 Å². The van der Waals surface area contributed by atoms with E-state index in [1.54, 1.807) is 49.4 Å². The van der Waals surface area contributed by atoms with Crippen molar-refractivity contribution in [2.75, 3.05) is 11.9 Å². The first-order valence-corrected chi connectivity index (χ1v) is 7.88. The minimum Gasteiger partial charge on any atom is -0.494 e. The van der Waals surface area contributed by atoms with Gasteiger partial charge in [-0.3, -0.25) is 9.59 Å². The molecule has 0 saturated heterocycles. The average molecular weight is 327 g/mol. The van der Waals surface area contributed by atoms with E-state index in [-0.39, 0.29) is 5.91 Å². The number of amides is 1. The molecule has 2 aromatic carbocycles. The maximum atomic E-state index is 12.3. The lowest BCUT2D eigenvalue weighted by Crippen LogP contribution is -2.12. The van der Waals surface area contributed by atoms with E-state index in [0.29, 0.717) is 29.2 Å². The molecule has 24 heavy (non-hydrogen) atoms. The van der Waals surface area contributed by atoms with Crippen molar-refractivity contribution in [2.45, 2.75) is 26.2 Å². The molecule has 0 fully saturated rings. The number of ether oxygens (including phenoxy) is 1. The summed E-state index contributed by atoms with van der Waals surface area (Å²) in [5.74, 6) is -1.04. The van der Waals surface area contributed by atoms with Gasteiger partial charge in [0.15, 0.2) is 0 Å². The van der Waals surface area contributed by atoms with Gasteiger partial charge in [0.25, 0.3) is 5.91 Å². The molecule has 0 bridgehead atoms. The lowest BCUT2D eigenvalue weighted by Gasteiger charge is -2.10. The highest BCUT2D eigenvalue weighted by Crippen LogP contribution is 2.19. The molecule has 0 aliphatic carbocycles. The lowest BCUT2D eigenvalue weighted by molar-refractivity contribution is -0.138. The van der Waals surface area contributed by atoms with E-state index >= 15 is 0 Å².